The number of unbranched alkanes of at least 4 members (excludes halogenated alkanes) is 1. The molecule has 0 saturated carbocycles. The Labute approximate surface area is 99.6 Å². The van der Waals surface area contributed by atoms with E-state index in [0.29, 0.717) is 22.6 Å². The van der Waals surface area contributed by atoms with Gasteiger partial charge in [0.25, 0.3) is 0 Å². The maximum atomic E-state index is 11.5. The minimum absolute atomic E-state index is 0.395. The molecule has 4 heteroatoms. The lowest BCUT2D eigenvalue weighted by atomic mass is 10.2. The highest BCUT2D eigenvalue weighted by Crippen LogP contribution is 2.21. The average Bonchev–Trinajstić information content (AvgIpc) is 2.77. The summed E-state index contributed by atoms with van der Waals surface area (Å²) in [6, 6.07) is 5.30. The first-order chi connectivity index (χ1) is 8.26. The molecule has 0 radical (unpaired) electrons. The molecule has 0 aliphatic carbocycles. The minimum Gasteiger partial charge on any atom is -0.465 e. The topological polar surface area (TPSA) is 52.3 Å². The number of rotatable bonds is 4. The lowest BCUT2D eigenvalue weighted by Gasteiger charge is -1.98. The fraction of sp³-hybridized carbons (Fsp3) is 0.385. The Morgan fingerprint density at radius 3 is 3.00 bits per heavy atom. The molecule has 0 saturated heterocycles. The zero-order valence-corrected chi connectivity index (χ0v) is 10.0. The second kappa shape index (κ2) is 4.99. The second-order valence-corrected chi connectivity index (χ2v) is 3.86. The molecule has 1 aromatic carbocycles. The number of hydrogen-bond acceptors (Lipinski definition) is 4. The molecule has 1 heterocycles. The van der Waals surface area contributed by atoms with Crippen molar-refractivity contribution in [1.82, 2.24) is 4.98 Å². The number of nitrogens with zero attached hydrogens (tertiary/aromatic N) is 1. The summed E-state index contributed by atoms with van der Waals surface area (Å²) in [7, 11) is 1.36. The van der Waals surface area contributed by atoms with Crippen LogP contribution in [0, 0.1) is 0 Å². The van der Waals surface area contributed by atoms with Crippen LogP contribution in [0.3, 0.4) is 0 Å². The molecule has 0 atom stereocenters. The third-order valence-electron chi connectivity index (χ3n) is 2.61. The maximum Gasteiger partial charge on any atom is 0.341 e. The average molecular weight is 233 g/mol. The molecule has 0 N–H and O–H groups in total. The second-order valence-electron chi connectivity index (χ2n) is 3.86. The molecule has 0 bridgehead atoms. The molecule has 2 rings (SSSR count). The Morgan fingerprint density at radius 2 is 2.29 bits per heavy atom. The van der Waals surface area contributed by atoms with E-state index in [9.17, 15) is 4.79 Å². The summed E-state index contributed by atoms with van der Waals surface area (Å²) < 4.78 is 10.3. The predicted octanol–water partition coefficient (Wildman–Crippen LogP) is 2.96. The van der Waals surface area contributed by atoms with Gasteiger partial charge in [0.05, 0.1) is 7.11 Å². The van der Waals surface area contributed by atoms with Crippen LogP contribution in [0.4, 0.5) is 0 Å². The highest BCUT2D eigenvalue weighted by Gasteiger charge is 2.15. The van der Waals surface area contributed by atoms with Gasteiger partial charge < -0.3 is 9.15 Å². The van der Waals surface area contributed by atoms with Gasteiger partial charge in [0.1, 0.15) is 11.1 Å². The SMILES string of the molecule is CCCCc1nc2cccc(C(=O)OC)c2o1. The fourth-order valence-electron chi connectivity index (χ4n) is 1.70. The lowest BCUT2D eigenvalue weighted by Crippen LogP contribution is -2.00. The van der Waals surface area contributed by atoms with Crippen molar-refractivity contribution < 1.29 is 13.9 Å². The van der Waals surface area contributed by atoms with E-state index in [1.54, 1.807) is 12.1 Å². The molecule has 1 aromatic heterocycles. The highest BCUT2D eigenvalue weighted by atomic mass is 16.5. The number of ether oxygens (including phenoxy) is 1. The molecule has 90 valence electrons. The highest BCUT2D eigenvalue weighted by molar-refractivity contribution is 6.00. The van der Waals surface area contributed by atoms with Crippen molar-refractivity contribution in [2.75, 3.05) is 7.11 Å². The van der Waals surface area contributed by atoms with E-state index >= 15 is 0 Å². The van der Waals surface area contributed by atoms with Gasteiger partial charge in [-0.15, -0.1) is 0 Å². The van der Waals surface area contributed by atoms with Crippen molar-refractivity contribution in [1.29, 1.82) is 0 Å². The van der Waals surface area contributed by atoms with Gasteiger partial charge >= 0.3 is 5.97 Å². The standard InChI is InChI=1S/C13H15NO3/c1-3-4-8-11-14-10-7-5-6-9(12(10)17-11)13(15)16-2/h5-7H,3-4,8H2,1-2H3. The van der Waals surface area contributed by atoms with Crippen LogP contribution < -0.4 is 0 Å². The number of methoxy groups -OCH3 is 1. The van der Waals surface area contributed by atoms with Gasteiger partial charge in [0.2, 0.25) is 0 Å². The Bertz CT molecular complexity index is 530. The number of esters is 1. The maximum absolute atomic E-state index is 11.5. The van der Waals surface area contributed by atoms with Crippen molar-refractivity contribution in [2.45, 2.75) is 26.2 Å². The first-order valence-electron chi connectivity index (χ1n) is 5.73. The Hall–Kier alpha value is -1.84. The third kappa shape index (κ3) is 2.30. The van der Waals surface area contributed by atoms with Crippen molar-refractivity contribution >= 4 is 17.1 Å². The largest absolute Gasteiger partial charge is 0.465 e. The number of oxazole rings is 1. The van der Waals surface area contributed by atoms with Crippen LogP contribution in [0.1, 0.15) is 36.0 Å². The number of para-hydroxylation sites is 1. The van der Waals surface area contributed by atoms with Gasteiger partial charge in [-0.2, -0.15) is 0 Å². The number of aryl methyl sites for hydroxylation is 1. The number of aromatic nitrogens is 1. The molecule has 0 aliphatic rings. The van der Waals surface area contributed by atoms with Gasteiger partial charge in [0.15, 0.2) is 11.5 Å². The molecule has 0 aliphatic heterocycles. The number of fused-ring (bicyclic) bond motifs is 1. The van der Waals surface area contributed by atoms with Crippen LogP contribution >= 0.6 is 0 Å². The molecule has 4 nitrogen and oxygen atoms in total. The van der Waals surface area contributed by atoms with E-state index in [-0.39, 0.29) is 0 Å². The molecule has 0 spiro atoms. The summed E-state index contributed by atoms with van der Waals surface area (Å²) in [6.45, 7) is 2.11. The Kier molecular flexibility index (Phi) is 3.42. The van der Waals surface area contributed by atoms with Crippen LogP contribution in [0.15, 0.2) is 22.6 Å². The summed E-state index contributed by atoms with van der Waals surface area (Å²) in [6.07, 6.45) is 2.91. The van der Waals surface area contributed by atoms with Gasteiger partial charge in [-0.1, -0.05) is 19.4 Å². The van der Waals surface area contributed by atoms with Gasteiger partial charge in [-0.05, 0) is 18.6 Å². The normalized spacial score (nSPS) is 10.7. The quantitative estimate of drug-likeness (QED) is 0.762. The molecular formula is C13H15NO3. The first-order valence-corrected chi connectivity index (χ1v) is 5.73. The number of carbonyl (C=O) groups excluding carboxylic acids is 1. The van der Waals surface area contributed by atoms with Crippen molar-refractivity contribution in [3.63, 3.8) is 0 Å². The zero-order chi connectivity index (χ0) is 12.3. The van der Waals surface area contributed by atoms with E-state index in [2.05, 4.69) is 11.9 Å². The van der Waals surface area contributed by atoms with Crippen LogP contribution in [0.25, 0.3) is 11.1 Å². The fourth-order valence-corrected chi connectivity index (χ4v) is 1.70. The van der Waals surface area contributed by atoms with Crippen LogP contribution in [0.5, 0.6) is 0 Å². The van der Waals surface area contributed by atoms with E-state index in [4.69, 9.17) is 9.15 Å². The van der Waals surface area contributed by atoms with Gasteiger partial charge in [-0.25, -0.2) is 9.78 Å². The Balaban J connectivity index is 2.42. The van der Waals surface area contributed by atoms with Crippen LogP contribution in [-0.2, 0) is 11.2 Å². The van der Waals surface area contributed by atoms with Crippen LogP contribution in [0.2, 0.25) is 0 Å². The first kappa shape index (κ1) is 11.6. The summed E-state index contributed by atoms with van der Waals surface area (Å²) in [5.74, 6) is 0.284. The molecular weight excluding hydrogens is 218 g/mol. The monoisotopic (exact) mass is 233 g/mol. The van der Waals surface area contributed by atoms with Crippen molar-refractivity contribution in [3.05, 3.63) is 29.7 Å². The third-order valence-corrected chi connectivity index (χ3v) is 2.61. The zero-order valence-electron chi connectivity index (χ0n) is 10.0. The molecule has 0 unspecified atom stereocenters. The predicted molar refractivity (Wildman–Crippen MR) is 64.0 cm³/mol. The summed E-state index contributed by atoms with van der Waals surface area (Å²) in [4.78, 5) is 15.9. The number of benzene rings is 1. The minimum atomic E-state index is -0.395. The van der Waals surface area contributed by atoms with E-state index < -0.39 is 5.97 Å². The summed E-state index contributed by atoms with van der Waals surface area (Å²) in [5.41, 5.74) is 1.66. The summed E-state index contributed by atoms with van der Waals surface area (Å²) >= 11 is 0. The molecule has 17 heavy (non-hydrogen) atoms. The van der Waals surface area contributed by atoms with Crippen molar-refractivity contribution in [2.24, 2.45) is 0 Å². The smallest absolute Gasteiger partial charge is 0.341 e. The van der Waals surface area contributed by atoms with E-state index in [1.807, 2.05) is 6.07 Å². The van der Waals surface area contributed by atoms with E-state index in [0.717, 1.165) is 19.3 Å². The van der Waals surface area contributed by atoms with E-state index in [1.165, 1.54) is 7.11 Å². The van der Waals surface area contributed by atoms with Gasteiger partial charge in [-0.3, -0.25) is 0 Å². The number of hydrogen-bond donors (Lipinski definition) is 0. The molecule has 0 fully saturated rings. The van der Waals surface area contributed by atoms with Crippen molar-refractivity contribution in [3.8, 4) is 0 Å². The molecule has 0 amide bonds. The van der Waals surface area contributed by atoms with Crippen LogP contribution in [-0.4, -0.2) is 18.1 Å². The van der Waals surface area contributed by atoms with Gasteiger partial charge in [0, 0.05) is 6.42 Å². The number of carbonyl (C=O) groups is 1. The lowest BCUT2D eigenvalue weighted by molar-refractivity contribution is 0.0601. The Morgan fingerprint density at radius 1 is 1.47 bits per heavy atom. The molecule has 2 aromatic rings. The summed E-state index contributed by atoms with van der Waals surface area (Å²) in [5, 5.41) is 0.